The number of carbonyl (C=O) groups is 1. The van der Waals surface area contributed by atoms with Crippen LogP contribution >= 0.6 is 0 Å². The van der Waals surface area contributed by atoms with E-state index in [0.29, 0.717) is 17.8 Å². The number of carbonyl (C=O) groups excluding carboxylic acids is 1. The van der Waals surface area contributed by atoms with Gasteiger partial charge in [-0.15, -0.1) is 0 Å². The quantitative estimate of drug-likeness (QED) is 0.550. The second-order valence-corrected chi connectivity index (χ2v) is 7.59. The van der Waals surface area contributed by atoms with Crippen molar-refractivity contribution in [1.82, 2.24) is 4.57 Å². The van der Waals surface area contributed by atoms with Crippen LogP contribution in [0.1, 0.15) is 40.2 Å². The van der Waals surface area contributed by atoms with Crippen LogP contribution < -0.4 is 10.1 Å². The van der Waals surface area contributed by atoms with Crippen molar-refractivity contribution in [3.63, 3.8) is 0 Å². The van der Waals surface area contributed by atoms with Gasteiger partial charge >= 0.3 is 6.09 Å². The highest BCUT2D eigenvalue weighted by Crippen LogP contribution is 2.36. The molecule has 0 bridgehead atoms. The number of ether oxygens (including phenoxy) is 2. The zero-order valence-corrected chi connectivity index (χ0v) is 18.0. The highest BCUT2D eigenvalue weighted by atomic mass is 16.6. The van der Waals surface area contributed by atoms with Gasteiger partial charge in [0.25, 0.3) is 0 Å². The molecular weight excluding hydrogens is 378 g/mol. The highest BCUT2D eigenvalue weighted by molar-refractivity contribution is 5.96. The molecule has 1 aromatic heterocycles. The molecule has 0 aliphatic heterocycles. The Hall–Kier alpha value is -3.46. The molecule has 0 aliphatic rings. The van der Waals surface area contributed by atoms with Crippen molar-refractivity contribution in [1.29, 1.82) is 5.26 Å². The molecule has 3 aromatic rings. The average Bonchev–Trinajstić information content (AvgIpc) is 2.99. The van der Waals surface area contributed by atoms with Gasteiger partial charge in [-0.25, -0.2) is 4.79 Å². The fourth-order valence-corrected chi connectivity index (χ4v) is 3.52. The standard InChI is InChI=1S/C24H27N3O3/c1-6-27-22-13-19(29-15(2)3)10-11-20(22)21(14-25)23(27)17-8-7-9-18(12-17)26-24(28)30-16(4)5/h7-13,15-16H,6H2,1-5H3,(H,26,28). The van der Waals surface area contributed by atoms with Gasteiger partial charge in [0.2, 0.25) is 0 Å². The molecule has 3 rings (SSSR count). The van der Waals surface area contributed by atoms with Crippen LogP contribution in [-0.4, -0.2) is 22.9 Å². The van der Waals surface area contributed by atoms with E-state index in [2.05, 4.69) is 16.0 Å². The Morgan fingerprint density at radius 2 is 1.90 bits per heavy atom. The summed E-state index contributed by atoms with van der Waals surface area (Å²) in [5.41, 5.74) is 3.82. The Morgan fingerprint density at radius 1 is 1.13 bits per heavy atom. The second kappa shape index (κ2) is 8.91. The van der Waals surface area contributed by atoms with Crippen LogP contribution in [0.25, 0.3) is 22.2 Å². The van der Waals surface area contributed by atoms with Crippen molar-refractivity contribution in [2.45, 2.75) is 53.4 Å². The lowest BCUT2D eigenvalue weighted by atomic mass is 10.1. The lowest BCUT2D eigenvalue weighted by molar-refractivity contribution is 0.130. The van der Waals surface area contributed by atoms with E-state index in [-0.39, 0.29) is 12.2 Å². The summed E-state index contributed by atoms with van der Waals surface area (Å²) in [7, 11) is 0. The number of rotatable bonds is 6. The fourth-order valence-electron chi connectivity index (χ4n) is 3.52. The Kier molecular flexibility index (Phi) is 6.31. The number of aryl methyl sites for hydroxylation is 1. The van der Waals surface area contributed by atoms with E-state index in [1.807, 2.05) is 57.2 Å². The zero-order chi connectivity index (χ0) is 21.8. The molecule has 0 saturated heterocycles. The van der Waals surface area contributed by atoms with Gasteiger partial charge in [0, 0.05) is 29.2 Å². The van der Waals surface area contributed by atoms with E-state index in [4.69, 9.17) is 9.47 Å². The van der Waals surface area contributed by atoms with Crippen LogP contribution in [0.3, 0.4) is 0 Å². The summed E-state index contributed by atoms with van der Waals surface area (Å²) >= 11 is 0. The summed E-state index contributed by atoms with van der Waals surface area (Å²) in [4.78, 5) is 12.0. The molecule has 0 radical (unpaired) electrons. The molecule has 30 heavy (non-hydrogen) atoms. The first-order chi connectivity index (χ1) is 14.3. The number of aromatic nitrogens is 1. The normalized spacial score (nSPS) is 11.0. The number of nitriles is 1. The topological polar surface area (TPSA) is 76.3 Å². The predicted octanol–water partition coefficient (Wildman–Crippen LogP) is 5.94. The molecule has 1 amide bonds. The van der Waals surface area contributed by atoms with Crippen molar-refractivity contribution in [3.05, 3.63) is 48.0 Å². The van der Waals surface area contributed by atoms with Crippen LogP contribution in [0.5, 0.6) is 5.75 Å². The lowest BCUT2D eigenvalue weighted by Gasteiger charge is -2.13. The van der Waals surface area contributed by atoms with Crippen molar-refractivity contribution in [3.8, 4) is 23.1 Å². The van der Waals surface area contributed by atoms with Crippen molar-refractivity contribution in [2.75, 3.05) is 5.32 Å². The van der Waals surface area contributed by atoms with Gasteiger partial charge < -0.3 is 14.0 Å². The average molecular weight is 405 g/mol. The van der Waals surface area contributed by atoms with Crippen molar-refractivity contribution < 1.29 is 14.3 Å². The van der Waals surface area contributed by atoms with Crippen LogP contribution in [-0.2, 0) is 11.3 Å². The molecule has 6 nitrogen and oxygen atoms in total. The summed E-state index contributed by atoms with van der Waals surface area (Å²) in [6, 6.07) is 15.6. The minimum atomic E-state index is -0.505. The molecule has 0 fully saturated rings. The maximum Gasteiger partial charge on any atom is 0.411 e. The van der Waals surface area contributed by atoms with E-state index in [0.717, 1.165) is 27.9 Å². The largest absolute Gasteiger partial charge is 0.491 e. The zero-order valence-electron chi connectivity index (χ0n) is 18.0. The molecule has 2 aromatic carbocycles. The lowest BCUT2D eigenvalue weighted by Crippen LogP contribution is -2.17. The van der Waals surface area contributed by atoms with Crippen molar-refractivity contribution >= 4 is 22.7 Å². The van der Waals surface area contributed by atoms with Crippen LogP contribution in [0.4, 0.5) is 10.5 Å². The van der Waals surface area contributed by atoms with E-state index in [9.17, 15) is 10.1 Å². The first-order valence-electron chi connectivity index (χ1n) is 10.1. The minimum Gasteiger partial charge on any atom is -0.491 e. The third-order valence-corrected chi connectivity index (χ3v) is 4.56. The first kappa shape index (κ1) is 21.3. The number of fused-ring (bicyclic) bond motifs is 1. The van der Waals surface area contributed by atoms with E-state index < -0.39 is 6.09 Å². The number of benzene rings is 2. The number of anilines is 1. The molecule has 1 N–H and O–H groups in total. The number of nitrogens with one attached hydrogen (secondary N) is 1. The van der Waals surface area contributed by atoms with Gasteiger partial charge in [-0.1, -0.05) is 12.1 Å². The Morgan fingerprint density at radius 3 is 2.53 bits per heavy atom. The van der Waals surface area contributed by atoms with E-state index >= 15 is 0 Å². The van der Waals surface area contributed by atoms with Crippen LogP contribution in [0, 0.1) is 11.3 Å². The number of hydrogen-bond acceptors (Lipinski definition) is 4. The summed E-state index contributed by atoms with van der Waals surface area (Å²) < 4.78 is 13.1. The summed E-state index contributed by atoms with van der Waals surface area (Å²) in [6.07, 6.45) is -0.645. The summed E-state index contributed by atoms with van der Waals surface area (Å²) in [5.74, 6) is 0.771. The van der Waals surface area contributed by atoms with Gasteiger partial charge in [-0.3, -0.25) is 5.32 Å². The molecule has 156 valence electrons. The molecule has 0 atom stereocenters. The molecule has 6 heteroatoms. The first-order valence-corrected chi connectivity index (χ1v) is 10.1. The Balaban J connectivity index is 2.10. The summed E-state index contributed by atoms with van der Waals surface area (Å²) in [5, 5.41) is 13.6. The SMILES string of the molecule is CCn1c(-c2cccc(NC(=O)OC(C)C)c2)c(C#N)c2ccc(OC(C)C)cc21. The van der Waals surface area contributed by atoms with Crippen LogP contribution in [0.2, 0.25) is 0 Å². The van der Waals surface area contributed by atoms with Crippen LogP contribution in [0.15, 0.2) is 42.5 Å². The molecule has 0 unspecified atom stereocenters. The number of hydrogen-bond donors (Lipinski definition) is 1. The number of amides is 1. The van der Waals surface area contributed by atoms with Gasteiger partial charge in [0.1, 0.15) is 11.8 Å². The Bertz CT molecular complexity index is 1110. The van der Waals surface area contributed by atoms with Crippen molar-refractivity contribution in [2.24, 2.45) is 0 Å². The van der Waals surface area contributed by atoms with Gasteiger partial charge in [0.05, 0.1) is 29.0 Å². The monoisotopic (exact) mass is 405 g/mol. The smallest absolute Gasteiger partial charge is 0.411 e. The van der Waals surface area contributed by atoms with Gasteiger partial charge in [-0.05, 0) is 58.9 Å². The van der Waals surface area contributed by atoms with E-state index in [1.54, 1.807) is 19.9 Å². The maximum atomic E-state index is 12.0. The molecule has 0 spiro atoms. The van der Waals surface area contributed by atoms with Gasteiger partial charge in [-0.2, -0.15) is 5.26 Å². The third kappa shape index (κ3) is 4.41. The Labute approximate surface area is 177 Å². The predicted molar refractivity (Wildman–Crippen MR) is 119 cm³/mol. The molecule has 0 aliphatic carbocycles. The highest BCUT2D eigenvalue weighted by Gasteiger charge is 2.19. The molecular formula is C24H27N3O3. The summed E-state index contributed by atoms with van der Waals surface area (Å²) in [6.45, 7) is 10.3. The van der Waals surface area contributed by atoms with E-state index in [1.165, 1.54) is 0 Å². The molecule has 0 saturated carbocycles. The number of nitrogens with zero attached hydrogens (tertiary/aromatic N) is 2. The minimum absolute atomic E-state index is 0.0655. The van der Waals surface area contributed by atoms with Gasteiger partial charge in [0.15, 0.2) is 0 Å². The maximum absolute atomic E-state index is 12.0. The molecule has 1 heterocycles. The third-order valence-electron chi connectivity index (χ3n) is 4.56. The second-order valence-electron chi connectivity index (χ2n) is 7.59. The fraction of sp³-hybridized carbons (Fsp3) is 0.333.